The van der Waals surface area contributed by atoms with Gasteiger partial charge >= 0.3 is 0 Å². The molecule has 0 amide bonds. The second-order valence-electron chi connectivity index (χ2n) is 4.52. The molecule has 0 atom stereocenters. The van der Waals surface area contributed by atoms with Crippen LogP contribution in [0.2, 0.25) is 0 Å². The summed E-state index contributed by atoms with van der Waals surface area (Å²) in [5.74, 6) is 0. The van der Waals surface area contributed by atoms with Crippen LogP contribution >= 0.6 is 15.9 Å². The van der Waals surface area contributed by atoms with Crippen molar-refractivity contribution in [3.63, 3.8) is 0 Å². The van der Waals surface area contributed by atoms with Crippen LogP contribution in [-0.4, -0.2) is 0 Å². The quantitative estimate of drug-likeness (QED) is 0.856. The third kappa shape index (κ3) is 2.14. The smallest absolute Gasteiger partial charge is 0.0991 e. The molecule has 0 spiro atoms. The normalized spacial score (nSPS) is 19.1. The Morgan fingerprint density at radius 2 is 1.94 bits per heavy atom. The zero-order valence-corrected chi connectivity index (χ0v) is 10.8. The molecule has 1 aliphatic carbocycles. The molecule has 0 saturated heterocycles. The predicted molar refractivity (Wildman–Crippen MR) is 67.8 cm³/mol. The highest BCUT2D eigenvalue weighted by molar-refractivity contribution is 9.10. The van der Waals surface area contributed by atoms with Crippen molar-refractivity contribution in [1.82, 2.24) is 0 Å². The first-order valence-electron chi connectivity index (χ1n) is 5.65. The molecule has 0 unspecified atom stereocenters. The van der Waals surface area contributed by atoms with Gasteiger partial charge in [0, 0.05) is 10.0 Å². The minimum atomic E-state index is -0.246. The van der Waals surface area contributed by atoms with Gasteiger partial charge in [-0.15, -0.1) is 0 Å². The second-order valence-corrected chi connectivity index (χ2v) is 5.38. The number of hydrogen-bond acceptors (Lipinski definition) is 2. The van der Waals surface area contributed by atoms with E-state index in [0.29, 0.717) is 5.56 Å². The number of nitriles is 1. The van der Waals surface area contributed by atoms with Crippen molar-refractivity contribution in [3.8, 4) is 6.07 Å². The molecule has 0 heterocycles. The summed E-state index contributed by atoms with van der Waals surface area (Å²) in [5, 5.41) is 8.93. The van der Waals surface area contributed by atoms with Crippen LogP contribution in [-0.2, 0) is 5.54 Å². The maximum absolute atomic E-state index is 8.93. The largest absolute Gasteiger partial charge is 0.321 e. The Morgan fingerprint density at radius 3 is 2.56 bits per heavy atom. The van der Waals surface area contributed by atoms with Crippen LogP contribution in [0.3, 0.4) is 0 Å². The number of benzene rings is 1. The Kier molecular flexibility index (Phi) is 3.32. The van der Waals surface area contributed by atoms with Gasteiger partial charge in [0.15, 0.2) is 0 Å². The topological polar surface area (TPSA) is 49.8 Å². The molecule has 0 aromatic heterocycles. The Labute approximate surface area is 105 Å². The zero-order valence-electron chi connectivity index (χ0n) is 9.17. The van der Waals surface area contributed by atoms with Gasteiger partial charge in [-0.05, 0) is 36.6 Å². The van der Waals surface area contributed by atoms with Gasteiger partial charge in [0.1, 0.15) is 0 Å². The lowest BCUT2D eigenvalue weighted by atomic mass is 9.77. The minimum absolute atomic E-state index is 0.246. The standard InChI is InChI=1S/C13H15BrN2/c14-12-5-4-10(9-15)8-11(12)13(16)6-2-1-3-7-13/h4-5,8H,1-3,6-7,16H2. The Balaban J connectivity index is 2.41. The fraction of sp³-hybridized carbons (Fsp3) is 0.462. The van der Waals surface area contributed by atoms with Gasteiger partial charge < -0.3 is 5.73 Å². The van der Waals surface area contributed by atoms with Crippen LogP contribution in [0.1, 0.15) is 43.2 Å². The Bertz CT molecular complexity index is 428. The number of hydrogen-bond donors (Lipinski definition) is 1. The molecular formula is C13H15BrN2. The number of halogens is 1. The summed E-state index contributed by atoms with van der Waals surface area (Å²) in [7, 11) is 0. The molecule has 2 nitrogen and oxygen atoms in total. The van der Waals surface area contributed by atoms with Crippen LogP contribution < -0.4 is 5.73 Å². The van der Waals surface area contributed by atoms with E-state index in [1.165, 1.54) is 19.3 Å². The van der Waals surface area contributed by atoms with Crippen molar-refractivity contribution in [1.29, 1.82) is 5.26 Å². The third-order valence-electron chi connectivity index (χ3n) is 3.38. The van der Waals surface area contributed by atoms with E-state index in [2.05, 4.69) is 22.0 Å². The summed E-state index contributed by atoms with van der Waals surface area (Å²) in [6, 6.07) is 7.85. The lowest BCUT2D eigenvalue weighted by Gasteiger charge is -2.34. The molecule has 2 N–H and O–H groups in total. The van der Waals surface area contributed by atoms with Gasteiger partial charge in [-0.2, -0.15) is 5.26 Å². The lowest BCUT2D eigenvalue weighted by Crippen LogP contribution is -2.39. The van der Waals surface area contributed by atoms with Gasteiger partial charge in [-0.25, -0.2) is 0 Å². The highest BCUT2D eigenvalue weighted by atomic mass is 79.9. The molecule has 1 aromatic carbocycles. The monoisotopic (exact) mass is 278 g/mol. The first kappa shape index (κ1) is 11.6. The number of rotatable bonds is 1. The first-order chi connectivity index (χ1) is 7.65. The van der Waals surface area contributed by atoms with Crippen LogP contribution in [0.4, 0.5) is 0 Å². The number of nitrogens with two attached hydrogens (primary N) is 1. The van der Waals surface area contributed by atoms with E-state index in [4.69, 9.17) is 11.0 Å². The van der Waals surface area contributed by atoms with E-state index in [0.717, 1.165) is 22.9 Å². The van der Waals surface area contributed by atoms with E-state index >= 15 is 0 Å². The summed E-state index contributed by atoms with van der Waals surface area (Å²) >= 11 is 3.54. The molecule has 3 heteroatoms. The van der Waals surface area contributed by atoms with Gasteiger partial charge in [-0.1, -0.05) is 35.2 Å². The van der Waals surface area contributed by atoms with Gasteiger partial charge in [0.2, 0.25) is 0 Å². The molecule has 1 aromatic rings. The van der Waals surface area contributed by atoms with Gasteiger partial charge in [0.25, 0.3) is 0 Å². The molecule has 16 heavy (non-hydrogen) atoms. The SMILES string of the molecule is N#Cc1ccc(Br)c(C2(N)CCCCC2)c1. The maximum atomic E-state index is 8.93. The van der Waals surface area contributed by atoms with E-state index < -0.39 is 0 Å². The molecule has 0 bridgehead atoms. The van der Waals surface area contributed by atoms with Crippen LogP contribution in [0.15, 0.2) is 22.7 Å². The molecule has 0 radical (unpaired) electrons. The molecule has 0 aliphatic heterocycles. The predicted octanol–water partition coefficient (Wildman–Crippen LogP) is 3.44. The lowest BCUT2D eigenvalue weighted by molar-refractivity contribution is 0.301. The molecule has 1 saturated carbocycles. The maximum Gasteiger partial charge on any atom is 0.0991 e. The van der Waals surface area contributed by atoms with Crippen LogP contribution in [0.25, 0.3) is 0 Å². The summed E-state index contributed by atoms with van der Waals surface area (Å²) in [4.78, 5) is 0. The fourth-order valence-electron chi connectivity index (χ4n) is 2.43. The highest BCUT2D eigenvalue weighted by Crippen LogP contribution is 2.38. The van der Waals surface area contributed by atoms with E-state index in [1.54, 1.807) is 0 Å². The van der Waals surface area contributed by atoms with E-state index in [-0.39, 0.29) is 5.54 Å². The van der Waals surface area contributed by atoms with Gasteiger partial charge in [0.05, 0.1) is 11.6 Å². The van der Waals surface area contributed by atoms with Crippen LogP contribution in [0.5, 0.6) is 0 Å². The minimum Gasteiger partial charge on any atom is -0.321 e. The van der Waals surface area contributed by atoms with Crippen LogP contribution in [0, 0.1) is 11.3 Å². The first-order valence-corrected chi connectivity index (χ1v) is 6.44. The van der Waals surface area contributed by atoms with E-state index in [1.807, 2.05) is 18.2 Å². The zero-order chi connectivity index (χ0) is 11.6. The average Bonchev–Trinajstić information content (AvgIpc) is 2.30. The van der Waals surface area contributed by atoms with Crippen molar-refractivity contribution in [3.05, 3.63) is 33.8 Å². The molecular weight excluding hydrogens is 264 g/mol. The van der Waals surface area contributed by atoms with Crippen molar-refractivity contribution in [2.75, 3.05) is 0 Å². The van der Waals surface area contributed by atoms with E-state index in [9.17, 15) is 0 Å². The second kappa shape index (κ2) is 4.57. The Hall–Kier alpha value is -0.850. The third-order valence-corrected chi connectivity index (χ3v) is 4.07. The molecule has 2 rings (SSSR count). The summed E-state index contributed by atoms with van der Waals surface area (Å²) in [6.07, 6.45) is 5.66. The fourth-order valence-corrected chi connectivity index (χ4v) is 3.07. The van der Waals surface area contributed by atoms with Crippen molar-refractivity contribution in [2.45, 2.75) is 37.6 Å². The summed E-state index contributed by atoms with van der Waals surface area (Å²) in [6.45, 7) is 0. The van der Waals surface area contributed by atoms with Gasteiger partial charge in [-0.3, -0.25) is 0 Å². The number of nitrogens with zero attached hydrogens (tertiary/aromatic N) is 1. The summed E-state index contributed by atoms with van der Waals surface area (Å²) in [5.41, 5.74) is 8.00. The van der Waals surface area contributed by atoms with Crippen molar-refractivity contribution < 1.29 is 0 Å². The van der Waals surface area contributed by atoms with Crippen molar-refractivity contribution >= 4 is 15.9 Å². The molecule has 1 aliphatic rings. The molecule has 84 valence electrons. The van der Waals surface area contributed by atoms with Crippen molar-refractivity contribution in [2.24, 2.45) is 5.73 Å². The summed E-state index contributed by atoms with van der Waals surface area (Å²) < 4.78 is 1.02. The molecule has 1 fully saturated rings. The Morgan fingerprint density at radius 1 is 1.25 bits per heavy atom. The highest BCUT2D eigenvalue weighted by Gasteiger charge is 2.31. The average molecular weight is 279 g/mol.